The monoisotopic (exact) mass is 860 g/mol. The molecule has 5 nitrogen and oxygen atoms in total. The van der Waals surface area contributed by atoms with Crippen LogP contribution >= 0.6 is 47.9 Å². The van der Waals surface area contributed by atoms with Crippen LogP contribution in [0.1, 0.15) is 17.5 Å². The second kappa shape index (κ2) is 18.1. The maximum absolute atomic E-state index is 12.6. The molecule has 226 valence electrons. The number of hydrogen-bond acceptors (Lipinski definition) is 5. The Morgan fingerprint density at radius 1 is 0.744 bits per heavy atom. The molecule has 0 aliphatic carbocycles. The van der Waals surface area contributed by atoms with Crippen LogP contribution in [-0.2, 0) is 18.9 Å². The van der Waals surface area contributed by atoms with Gasteiger partial charge in [0.25, 0.3) is 9.05 Å². The van der Waals surface area contributed by atoms with Crippen molar-refractivity contribution >= 4 is 66.8 Å². The molecule has 0 unspecified atom stereocenters. The number of alkyl halides is 8. The quantitative estimate of drug-likeness (QED) is 0.168. The first-order valence-corrected chi connectivity index (χ1v) is 20.3. The molecule has 0 bridgehead atoms. The van der Waals surface area contributed by atoms with Crippen molar-refractivity contribution in [2.75, 3.05) is 12.4 Å². The average Bonchev–Trinajstić information content (AvgIpc) is 2.85. The van der Waals surface area contributed by atoms with Crippen LogP contribution in [0.15, 0.2) is 58.3 Å². The fraction of sp³-hybridized carbons (Fsp3) is 0.429. The molecule has 0 saturated carbocycles. The molecule has 0 spiro atoms. The predicted molar refractivity (Wildman–Crippen MR) is 149 cm³/mol. The Balaban J connectivity index is 0. The summed E-state index contributed by atoms with van der Waals surface area (Å²) in [4.78, 5) is 0.00272. The minimum atomic E-state index is -4.28. The van der Waals surface area contributed by atoms with E-state index in [0.717, 1.165) is 11.1 Å². The van der Waals surface area contributed by atoms with Crippen molar-refractivity contribution in [1.82, 2.24) is 0 Å². The molecule has 0 radical (unpaired) electrons. The van der Waals surface area contributed by atoms with E-state index in [1.54, 1.807) is 19.1 Å². The van der Waals surface area contributed by atoms with Gasteiger partial charge in [-0.1, -0.05) is 35.4 Å². The number of halogens is 11. The third-order valence-corrected chi connectivity index (χ3v) is 7.34. The molecule has 2 aromatic carbocycles. The summed E-state index contributed by atoms with van der Waals surface area (Å²) in [6.45, 7) is 1.82. The molecule has 2 aromatic rings. The highest BCUT2D eigenvalue weighted by molar-refractivity contribution is 15.0. The molecular weight excluding hydrogens is 838 g/mol. The number of rotatable bonds is 8. The maximum Gasteiger partial charge on any atom is 0.329 e. The first-order valence-electron chi connectivity index (χ1n) is 10.0. The highest BCUT2D eigenvalue weighted by Crippen LogP contribution is 2.28. The van der Waals surface area contributed by atoms with Gasteiger partial charge in [0.2, 0.25) is 0 Å². The van der Waals surface area contributed by atoms with Crippen LogP contribution < -0.4 is 0 Å². The average molecular weight is 861 g/mol. The van der Waals surface area contributed by atoms with Crippen molar-refractivity contribution in [2.45, 2.75) is 54.8 Å². The molecule has 0 amide bonds. The predicted octanol–water partition coefficient (Wildman–Crippen LogP) is 7.63. The van der Waals surface area contributed by atoms with Crippen LogP contribution in [0.2, 0.25) is 0 Å². The lowest BCUT2D eigenvalue weighted by Gasteiger charge is -2.14. The van der Waals surface area contributed by atoms with Gasteiger partial charge in [-0.15, -0.1) is 0 Å². The Kier molecular flexibility index (Phi) is 18.9. The van der Waals surface area contributed by atoms with Crippen LogP contribution in [-0.4, -0.2) is 59.0 Å². The van der Waals surface area contributed by atoms with Gasteiger partial charge in [0.15, 0.2) is 9.84 Å². The second-order valence-electron chi connectivity index (χ2n) is 7.41. The summed E-state index contributed by atoms with van der Waals surface area (Å²) in [6, 6.07) is 11.9. The largest absolute Gasteiger partial charge is 0.390 e. The summed E-state index contributed by atoms with van der Waals surface area (Å²) in [7, 11) is -2.42. The molecule has 0 heterocycles. The van der Waals surface area contributed by atoms with E-state index in [4.69, 9.17) is 15.8 Å². The summed E-state index contributed by atoms with van der Waals surface area (Å²) in [5, 5.41) is 7.53. The number of aryl methyl sites for hydroxylation is 2. The van der Waals surface area contributed by atoms with E-state index in [1.807, 2.05) is 6.92 Å². The Morgan fingerprint density at radius 3 is 1.33 bits per heavy atom. The molecule has 0 aromatic heterocycles. The van der Waals surface area contributed by atoms with E-state index in [2.05, 4.69) is 37.2 Å². The molecule has 2 rings (SSSR count). The van der Waals surface area contributed by atoms with E-state index in [-0.39, 0.29) is 9.79 Å². The van der Waals surface area contributed by atoms with E-state index in [0.29, 0.717) is 0 Å². The van der Waals surface area contributed by atoms with Gasteiger partial charge in [0.1, 0.15) is 6.61 Å². The molecule has 18 heteroatoms. The smallest absolute Gasteiger partial charge is 0.329 e. The van der Waals surface area contributed by atoms with Crippen LogP contribution in [0, 0.1) is 13.8 Å². The van der Waals surface area contributed by atoms with Gasteiger partial charge in [-0.05, 0) is 38.1 Å². The zero-order valence-corrected chi connectivity index (χ0v) is 26.7. The summed E-state index contributed by atoms with van der Waals surface area (Å²) in [6.07, 6.45) is -9.01. The van der Waals surface area contributed by atoms with Gasteiger partial charge >= 0.3 is 24.7 Å². The molecule has 0 atom stereocenters. The van der Waals surface area contributed by atoms with E-state index in [9.17, 15) is 52.0 Å². The van der Waals surface area contributed by atoms with Crippen molar-refractivity contribution < 1.29 is 57.1 Å². The van der Waals surface area contributed by atoms with E-state index >= 15 is 0 Å². The van der Waals surface area contributed by atoms with Crippen molar-refractivity contribution in [2.24, 2.45) is 0 Å². The standard InChI is InChI=1S/C11H12F4O2S.C7H7ClO2S.C3H4F4O.I2/c1-8-2-4-9(5-3-8)18(16,17)7-6-11(14,15)10(12)13;1-6-2-4-7(5-3-6)11(8,9)10;4-2(5)3(6,7)1-8;1-2/h2-5,10H,6-7H2,1H3;2-5H,1H3;2,8H,1H2;. The molecule has 39 heavy (non-hydrogen) atoms. The first-order chi connectivity index (χ1) is 17.7. The topological polar surface area (TPSA) is 88.5 Å². The van der Waals surface area contributed by atoms with Crippen molar-refractivity contribution in [3.05, 3.63) is 59.7 Å². The van der Waals surface area contributed by atoms with Crippen molar-refractivity contribution in [3.63, 3.8) is 0 Å². The van der Waals surface area contributed by atoms with Crippen molar-refractivity contribution in [3.8, 4) is 0 Å². The highest BCUT2D eigenvalue weighted by Gasteiger charge is 2.41. The zero-order chi connectivity index (χ0) is 31.2. The molecule has 0 fully saturated rings. The number of benzene rings is 2. The lowest BCUT2D eigenvalue weighted by molar-refractivity contribution is -0.153. The van der Waals surface area contributed by atoms with Gasteiger partial charge in [-0.25, -0.2) is 43.2 Å². The normalized spacial score (nSPS) is 12.0. The summed E-state index contributed by atoms with van der Waals surface area (Å²) in [5.74, 6) is -9.52. The minimum absolute atomic E-state index is 0.141. The van der Waals surface area contributed by atoms with Crippen LogP contribution in [0.25, 0.3) is 0 Å². The Bertz CT molecular complexity index is 1180. The number of aliphatic hydroxyl groups excluding tert-OH is 1. The lowest BCUT2D eigenvalue weighted by Crippen LogP contribution is -2.30. The lowest BCUT2D eigenvalue weighted by atomic mass is 10.2. The number of hydrogen-bond donors (Lipinski definition) is 1. The Hall–Kier alpha value is -0.510. The Labute approximate surface area is 249 Å². The third-order valence-electron chi connectivity index (χ3n) is 4.24. The second-order valence-corrected chi connectivity index (χ2v) is 12.1. The van der Waals surface area contributed by atoms with Gasteiger partial charge in [0.05, 0.1) is 15.5 Å². The van der Waals surface area contributed by atoms with Crippen LogP contribution in [0.3, 0.4) is 0 Å². The summed E-state index contributed by atoms with van der Waals surface area (Å²) >= 11 is 4.24. The minimum Gasteiger partial charge on any atom is -0.390 e. The Morgan fingerprint density at radius 2 is 1.08 bits per heavy atom. The van der Waals surface area contributed by atoms with E-state index < -0.39 is 62.4 Å². The first kappa shape index (κ1) is 40.6. The molecule has 0 saturated heterocycles. The SMILES string of the molecule is Cc1ccc(S(=O)(=O)CCC(F)(F)C(F)F)cc1.Cc1ccc(S(=O)(=O)Cl)cc1.II.OCC(F)(F)C(F)F. The molecule has 0 aliphatic rings. The molecule has 1 N–H and O–H groups in total. The number of aliphatic hydroxyl groups is 1. The summed E-state index contributed by atoms with van der Waals surface area (Å²) < 4.78 is 138. The van der Waals surface area contributed by atoms with Crippen LogP contribution in [0.5, 0.6) is 0 Å². The fourth-order valence-electron chi connectivity index (χ4n) is 2.01. The maximum atomic E-state index is 12.6. The fourth-order valence-corrected chi connectivity index (χ4v) is 4.11. The van der Waals surface area contributed by atoms with Gasteiger partial charge in [0, 0.05) is 54.3 Å². The van der Waals surface area contributed by atoms with E-state index in [1.165, 1.54) is 36.4 Å². The molecule has 0 aliphatic heterocycles. The van der Waals surface area contributed by atoms with Gasteiger partial charge in [-0.2, -0.15) is 8.78 Å². The third kappa shape index (κ3) is 16.5. The van der Waals surface area contributed by atoms with Crippen LogP contribution in [0.4, 0.5) is 35.1 Å². The van der Waals surface area contributed by atoms with Gasteiger partial charge < -0.3 is 5.11 Å². The van der Waals surface area contributed by atoms with Gasteiger partial charge in [-0.3, -0.25) is 0 Å². The summed E-state index contributed by atoms with van der Waals surface area (Å²) in [5.41, 5.74) is 1.82. The highest BCUT2D eigenvalue weighted by atomic mass is 128. The number of sulfone groups is 1. The zero-order valence-electron chi connectivity index (χ0n) is 19.9. The van der Waals surface area contributed by atoms with Crippen molar-refractivity contribution in [1.29, 1.82) is 0 Å². The molecular formula is C21H23ClF8I2O5S2.